The molecule has 1 aliphatic heterocycles. The van der Waals surface area contributed by atoms with Gasteiger partial charge in [-0.25, -0.2) is 0 Å². The first-order valence-electron chi connectivity index (χ1n) is 7.98. The molecule has 25 heavy (non-hydrogen) atoms. The van der Waals surface area contributed by atoms with Crippen molar-refractivity contribution in [1.29, 1.82) is 5.26 Å². The molecule has 1 atom stereocenters. The molecule has 0 spiro atoms. The van der Waals surface area contributed by atoms with Crippen molar-refractivity contribution in [1.82, 2.24) is 4.73 Å². The fraction of sp³-hybridized carbons (Fsp3) is 0.263. The largest absolute Gasteiger partial charge is 0.440 e. The Morgan fingerprint density at radius 1 is 1.32 bits per heavy atom. The first-order chi connectivity index (χ1) is 11.8. The van der Waals surface area contributed by atoms with Gasteiger partial charge in [-0.3, -0.25) is 4.79 Å². The molecule has 1 aromatic carbocycles. The van der Waals surface area contributed by atoms with Crippen LogP contribution in [0.2, 0.25) is 0 Å². The van der Waals surface area contributed by atoms with E-state index in [9.17, 15) is 15.3 Å². The van der Waals surface area contributed by atoms with Crippen molar-refractivity contribution < 1.29 is 9.94 Å². The van der Waals surface area contributed by atoms with E-state index >= 15 is 0 Å². The standard InChI is InChI=1S/C19H19N3O3/c1-10(2)12-4-6-13(7-5-12)16-14(9-20)18(21)25-15-8-11(3)22(24)19(23)17(15)16/h4-8,10,16,24H,21H2,1-3H3/t16-/m0/s1. The van der Waals surface area contributed by atoms with E-state index < -0.39 is 11.5 Å². The van der Waals surface area contributed by atoms with Crippen LogP contribution in [0.15, 0.2) is 46.6 Å². The van der Waals surface area contributed by atoms with Gasteiger partial charge in [-0.15, -0.1) is 0 Å². The van der Waals surface area contributed by atoms with Crippen LogP contribution in [0.3, 0.4) is 0 Å². The summed E-state index contributed by atoms with van der Waals surface area (Å²) < 4.78 is 6.04. The average Bonchev–Trinajstić information content (AvgIpc) is 2.59. The zero-order valence-corrected chi connectivity index (χ0v) is 14.3. The van der Waals surface area contributed by atoms with Crippen LogP contribution >= 0.6 is 0 Å². The number of rotatable bonds is 2. The minimum atomic E-state index is -0.679. The number of nitriles is 1. The summed E-state index contributed by atoms with van der Waals surface area (Å²) in [6.45, 7) is 5.76. The number of benzene rings is 1. The number of fused-ring (bicyclic) bond motifs is 1. The second-order valence-corrected chi connectivity index (χ2v) is 6.43. The van der Waals surface area contributed by atoms with Crippen molar-refractivity contribution in [2.75, 3.05) is 0 Å². The number of allylic oxidation sites excluding steroid dienone is 1. The van der Waals surface area contributed by atoms with Crippen LogP contribution in [0.4, 0.5) is 0 Å². The lowest BCUT2D eigenvalue weighted by Crippen LogP contribution is -2.31. The molecule has 1 aromatic heterocycles. The number of ether oxygens (including phenoxy) is 1. The predicted octanol–water partition coefficient (Wildman–Crippen LogP) is 2.74. The Hall–Kier alpha value is -3.20. The van der Waals surface area contributed by atoms with E-state index in [-0.39, 0.29) is 22.8 Å². The molecule has 2 aromatic rings. The third-order valence-corrected chi connectivity index (χ3v) is 4.48. The summed E-state index contributed by atoms with van der Waals surface area (Å²) in [7, 11) is 0. The molecule has 6 nitrogen and oxygen atoms in total. The number of nitrogens with two attached hydrogens (primary N) is 1. The molecule has 128 valence electrons. The summed E-state index contributed by atoms with van der Waals surface area (Å²) in [6, 6.07) is 11.3. The zero-order chi connectivity index (χ0) is 18.3. The molecule has 0 aliphatic carbocycles. The average molecular weight is 337 g/mol. The zero-order valence-electron chi connectivity index (χ0n) is 14.3. The van der Waals surface area contributed by atoms with Gasteiger partial charge in [-0.05, 0) is 24.0 Å². The lowest BCUT2D eigenvalue weighted by atomic mass is 9.83. The quantitative estimate of drug-likeness (QED) is 0.821. The second-order valence-electron chi connectivity index (χ2n) is 6.43. The molecule has 6 heteroatoms. The maximum atomic E-state index is 12.6. The Balaban J connectivity index is 2.26. The molecule has 0 saturated heterocycles. The van der Waals surface area contributed by atoms with E-state index in [0.29, 0.717) is 16.3 Å². The van der Waals surface area contributed by atoms with Crippen molar-refractivity contribution in [3.63, 3.8) is 0 Å². The number of hydrogen-bond donors (Lipinski definition) is 2. The van der Waals surface area contributed by atoms with Crippen LogP contribution in [0.1, 0.15) is 48.1 Å². The molecular formula is C19H19N3O3. The third-order valence-electron chi connectivity index (χ3n) is 4.48. The molecule has 0 saturated carbocycles. The minimum Gasteiger partial charge on any atom is -0.440 e. The van der Waals surface area contributed by atoms with E-state index in [1.165, 1.54) is 6.07 Å². The number of pyridine rings is 1. The Morgan fingerprint density at radius 3 is 2.52 bits per heavy atom. The fourth-order valence-corrected chi connectivity index (χ4v) is 3.04. The highest BCUT2D eigenvalue weighted by molar-refractivity contribution is 5.55. The summed E-state index contributed by atoms with van der Waals surface area (Å²) in [5.41, 5.74) is 7.88. The maximum absolute atomic E-state index is 12.6. The highest BCUT2D eigenvalue weighted by atomic mass is 16.5. The van der Waals surface area contributed by atoms with E-state index in [4.69, 9.17) is 10.5 Å². The molecule has 3 rings (SSSR count). The molecule has 1 aliphatic rings. The van der Waals surface area contributed by atoms with Crippen molar-refractivity contribution in [2.24, 2.45) is 5.73 Å². The van der Waals surface area contributed by atoms with Crippen molar-refractivity contribution in [3.05, 3.63) is 74.5 Å². The minimum absolute atomic E-state index is 0.0255. The van der Waals surface area contributed by atoms with Gasteiger partial charge in [0.25, 0.3) is 5.56 Å². The third kappa shape index (κ3) is 2.64. The topological polar surface area (TPSA) is 101 Å². The van der Waals surface area contributed by atoms with Crippen molar-refractivity contribution in [2.45, 2.75) is 32.6 Å². The van der Waals surface area contributed by atoms with Gasteiger partial charge in [0.05, 0.1) is 17.2 Å². The summed E-state index contributed by atoms with van der Waals surface area (Å²) in [5, 5.41) is 19.5. The Bertz CT molecular complexity index is 963. The predicted molar refractivity (Wildman–Crippen MR) is 92.5 cm³/mol. The first-order valence-corrected chi connectivity index (χ1v) is 7.98. The molecule has 0 fully saturated rings. The number of nitrogens with zero attached hydrogens (tertiary/aromatic N) is 2. The van der Waals surface area contributed by atoms with Crippen LogP contribution in [0.25, 0.3) is 0 Å². The van der Waals surface area contributed by atoms with Crippen LogP contribution in [0.5, 0.6) is 5.75 Å². The van der Waals surface area contributed by atoms with E-state index in [2.05, 4.69) is 13.8 Å². The monoisotopic (exact) mass is 337 g/mol. The lowest BCUT2D eigenvalue weighted by Gasteiger charge is -2.26. The van der Waals surface area contributed by atoms with Gasteiger partial charge in [0.2, 0.25) is 5.88 Å². The van der Waals surface area contributed by atoms with Gasteiger partial charge in [0, 0.05) is 6.07 Å². The lowest BCUT2D eigenvalue weighted by molar-refractivity contribution is 0.165. The number of aromatic nitrogens is 1. The Morgan fingerprint density at radius 2 is 1.96 bits per heavy atom. The van der Waals surface area contributed by atoms with Gasteiger partial charge in [0.15, 0.2) is 0 Å². The normalized spacial score (nSPS) is 16.4. The Labute approximate surface area is 145 Å². The van der Waals surface area contributed by atoms with Gasteiger partial charge in [-0.1, -0.05) is 38.1 Å². The van der Waals surface area contributed by atoms with Gasteiger partial charge < -0.3 is 15.7 Å². The van der Waals surface area contributed by atoms with Crippen LogP contribution in [-0.4, -0.2) is 9.94 Å². The highest BCUT2D eigenvalue weighted by Gasteiger charge is 2.34. The van der Waals surface area contributed by atoms with Gasteiger partial charge >= 0.3 is 0 Å². The molecule has 0 bridgehead atoms. The van der Waals surface area contributed by atoms with Crippen LogP contribution in [-0.2, 0) is 0 Å². The summed E-state index contributed by atoms with van der Waals surface area (Å²) in [6.07, 6.45) is 0. The van der Waals surface area contributed by atoms with E-state index in [1.807, 2.05) is 30.3 Å². The summed E-state index contributed by atoms with van der Waals surface area (Å²) >= 11 is 0. The van der Waals surface area contributed by atoms with E-state index in [0.717, 1.165) is 11.1 Å². The molecule has 2 heterocycles. The van der Waals surface area contributed by atoms with Crippen LogP contribution in [0, 0.1) is 18.3 Å². The van der Waals surface area contributed by atoms with Crippen molar-refractivity contribution in [3.8, 4) is 11.8 Å². The SMILES string of the molecule is Cc1cc2c(c(=O)n1O)[C@@H](c1ccc(C(C)C)cc1)C(C#N)=C(N)O2. The highest BCUT2D eigenvalue weighted by Crippen LogP contribution is 2.40. The first kappa shape index (κ1) is 16.7. The molecule has 0 unspecified atom stereocenters. The molecular weight excluding hydrogens is 318 g/mol. The van der Waals surface area contributed by atoms with Gasteiger partial charge in [-0.2, -0.15) is 9.99 Å². The van der Waals surface area contributed by atoms with Gasteiger partial charge in [0.1, 0.15) is 17.4 Å². The molecule has 0 amide bonds. The van der Waals surface area contributed by atoms with E-state index in [1.54, 1.807) is 6.92 Å². The second kappa shape index (κ2) is 6.02. The maximum Gasteiger partial charge on any atom is 0.291 e. The number of aryl methyl sites for hydroxylation is 1. The number of hydrogen-bond acceptors (Lipinski definition) is 5. The fourth-order valence-electron chi connectivity index (χ4n) is 3.04. The van der Waals surface area contributed by atoms with Crippen LogP contribution < -0.4 is 16.0 Å². The molecule has 3 N–H and O–H groups in total. The Kier molecular flexibility index (Phi) is 4.01. The summed E-state index contributed by atoms with van der Waals surface area (Å²) in [5.74, 6) is -0.0736. The van der Waals surface area contributed by atoms with Crippen molar-refractivity contribution >= 4 is 0 Å². The smallest absolute Gasteiger partial charge is 0.291 e. The summed E-state index contributed by atoms with van der Waals surface area (Å²) in [4.78, 5) is 12.6. The molecule has 0 radical (unpaired) electrons.